The van der Waals surface area contributed by atoms with E-state index >= 15 is 0 Å². The molecule has 1 N–H and O–H groups in total. The number of para-hydroxylation sites is 1. The molecule has 1 aliphatic heterocycles. The summed E-state index contributed by atoms with van der Waals surface area (Å²) in [6.45, 7) is 5.89. The van der Waals surface area contributed by atoms with Gasteiger partial charge in [0.25, 0.3) is 11.8 Å². The van der Waals surface area contributed by atoms with Gasteiger partial charge in [-0.2, -0.15) is 0 Å². The summed E-state index contributed by atoms with van der Waals surface area (Å²) in [5, 5.41) is 2.84. The fourth-order valence-electron chi connectivity index (χ4n) is 3.47. The van der Waals surface area contributed by atoms with E-state index in [0.717, 1.165) is 28.1 Å². The van der Waals surface area contributed by atoms with Crippen molar-refractivity contribution in [3.63, 3.8) is 0 Å². The van der Waals surface area contributed by atoms with Gasteiger partial charge >= 0.3 is 0 Å². The standard InChI is InChI=1S/C27H24N2O3S2/c1-17-8-11-21(14-19(17)3)28-25(30)16-32-22-12-9-20(10-13-22)15-24-26(31)29(27(33)34-24)23-7-5-4-6-18(23)2/h4-15H,16H2,1-3H3,(H,28,30)/b24-15-. The molecular weight excluding hydrogens is 464 g/mol. The molecule has 0 aliphatic carbocycles. The molecule has 34 heavy (non-hydrogen) atoms. The van der Waals surface area contributed by atoms with Crippen molar-refractivity contribution >= 4 is 57.6 Å². The first kappa shape index (κ1) is 23.7. The highest BCUT2D eigenvalue weighted by Crippen LogP contribution is 2.37. The molecule has 1 fully saturated rings. The summed E-state index contributed by atoms with van der Waals surface area (Å²) < 4.78 is 6.13. The zero-order chi connectivity index (χ0) is 24.2. The first-order chi connectivity index (χ1) is 16.3. The number of hydrogen-bond acceptors (Lipinski definition) is 5. The van der Waals surface area contributed by atoms with Gasteiger partial charge in [-0.3, -0.25) is 14.5 Å². The van der Waals surface area contributed by atoms with Crippen LogP contribution in [0.5, 0.6) is 5.75 Å². The zero-order valence-electron chi connectivity index (χ0n) is 19.1. The second-order valence-corrected chi connectivity index (χ2v) is 9.68. The minimum absolute atomic E-state index is 0.0959. The van der Waals surface area contributed by atoms with E-state index in [0.29, 0.717) is 15.0 Å². The highest BCUT2D eigenvalue weighted by molar-refractivity contribution is 8.27. The molecule has 0 atom stereocenters. The van der Waals surface area contributed by atoms with Gasteiger partial charge in [-0.1, -0.05) is 60.4 Å². The zero-order valence-corrected chi connectivity index (χ0v) is 20.8. The number of carbonyl (C=O) groups excluding carboxylic acids is 2. The lowest BCUT2D eigenvalue weighted by Gasteiger charge is -2.16. The average Bonchev–Trinajstić information content (AvgIpc) is 3.09. The van der Waals surface area contributed by atoms with Gasteiger partial charge in [-0.15, -0.1) is 0 Å². The SMILES string of the molecule is Cc1ccc(NC(=O)COc2ccc(/C=C3\SC(=S)N(c4ccccc4C)C3=O)cc2)cc1C. The maximum absolute atomic E-state index is 13.0. The highest BCUT2D eigenvalue weighted by atomic mass is 32.2. The first-order valence-corrected chi connectivity index (χ1v) is 12.0. The van der Waals surface area contributed by atoms with Crippen LogP contribution in [0.25, 0.3) is 6.08 Å². The van der Waals surface area contributed by atoms with Gasteiger partial charge in [0.15, 0.2) is 10.9 Å². The van der Waals surface area contributed by atoms with Crippen LogP contribution < -0.4 is 15.0 Å². The lowest BCUT2D eigenvalue weighted by molar-refractivity contribution is -0.118. The van der Waals surface area contributed by atoms with Crippen molar-refractivity contribution in [2.45, 2.75) is 20.8 Å². The Morgan fingerprint density at radius 2 is 1.74 bits per heavy atom. The number of ether oxygens (including phenoxy) is 1. The normalized spacial score (nSPS) is 14.6. The summed E-state index contributed by atoms with van der Waals surface area (Å²) in [6.07, 6.45) is 1.81. The van der Waals surface area contributed by atoms with Gasteiger partial charge in [-0.25, -0.2) is 0 Å². The van der Waals surface area contributed by atoms with Crippen molar-refractivity contribution in [2.24, 2.45) is 0 Å². The predicted octanol–water partition coefficient (Wildman–Crippen LogP) is 6.04. The third-order valence-electron chi connectivity index (χ3n) is 5.49. The van der Waals surface area contributed by atoms with Crippen LogP contribution in [-0.4, -0.2) is 22.7 Å². The summed E-state index contributed by atoms with van der Waals surface area (Å²) in [5.74, 6) is 0.208. The highest BCUT2D eigenvalue weighted by Gasteiger charge is 2.33. The molecule has 3 aromatic carbocycles. The molecule has 1 heterocycles. The van der Waals surface area contributed by atoms with Gasteiger partial charge in [-0.05, 0) is 79.4 Å². The number of amides is 2. The van der Waals surface area contributed by atoms with Gasteiger partial charge in [0.1, 0.15) is 5.75 Å². The van der Waals surface area contributed by atoms with E-state index < -0.39 is 0 Å². The number of hydrogen-bond donors (Lipinski definition) is 1. The molecular formula is C27H24N2O3S2. The molecule has 7 heteroatoms. The van der Waals surface area contributed by atoms with Crippen molar-refractivity contribution in [2.75, 3.05) is 16.8 Å². The van der Waals surface area contributed by atoms with Crippen molar-refractivity contribution in [1.82, 2.24) is 0 Å². The van der Waals surface area contributed by atoms with Crippen LogP contribution in [0.4, 0.5) is 11.4 Å². The number of aryl methyl sites for hydroxylation is 3. The van der Waals surface area contributed by atoms with Crippen LogP contribution in [0.2, 0.25) is 0 Å². The Bertz CT molecular complexity index is 1300. The predicted molar refractivity (Wildman–Crippen MR) is 143 cm³/mol. The van der Waals surface area contributed by atoms with Crippen molar-refractivity contribution in [3.8, 4) is 5.75 Å². The minimum atomic E-state index is -0.229. The summed E-state index contributed by atoms with van der Waals surface area (Å²) >= 11 is 6.75. The van der Waals surface area contributed by atoms with Crippen LogP contribution in [0.1, 0.15) is 22.3 Å². The molecule has 0 saturated carbocycles. The molecule has 4 rings (SSSR count). The van der Waals surface area contributed by atoms with Gasteiger partial charge in [0.05, 0.1) is 10.6 Å². The fraction of sp³-hybridized carbons (Fsp3) is 0.148. The lowest BCUT2D eigenvalue weighted by Crippen LogP contribution is -2.28. The topological polar surface area (TPSA) is 58.6 Å². The van der Waals surface area contributed by atoms with E-state index in [9.17, 15) is 9.59 Å². The van der Waals surface area contributed by atoms with Gasteiger partial charge in [0.2, 0.25) is 0 Å². The van der Waals surface area contributed by atoms with E-state index in [1.54, 1.807) is 17.0 Å². The summed E-state index contributed by atoms with van der Waals surface area (Å²) in [5.41, 5.74) is 5.67. The maximum atomic E-state index is 13.0. The number of rotatable bonds is 6. The lowest BCUT2D eigenvalue weighted by atomic mass is 10.1. The van der Waals surface area contributed by atoms with Crippen molar-refractivity contribution < 1.29 is 14.3 Å². The third-order valence-corrected chi connectivity index (χ3v) is 6.79. The Kier molecular flexibility index (Phi) is 7.14. The van der Waals surface area contributed by atoms with Gasteiger partial charge in [0, 0.05) is 5.69 Å². The molecule has 2 amide bonds. The van der Waals surface area contributed by atoms with E-state index in [4.69, 9.17) is 17.0 Å². The number of thioether (sulfide) groups is 1. The molecule has 172 valence electrons. The molecule has 3 aromatic rings. The average molecular weight is 489 g/mol. The number of carbonyl (C=O) groups is 2. The van der Waals surface area contributed by atoms with E-state index in [2.05, 4.69) is 5.32 Å². The molecule has 5 nitrogen and oxygen atoms in total. The maximum Gasteiger partial charge on any atom is 0.270 e. The van der Waals surface area contributed by atoms with Crippen LogP contribution >= 0.6 is 24.0 Å². The Balaban J connectivity index is 1.37. The van der Waals surface area contributed by atoms with Crippen molar-refractivity contribution in [1.29, 1.82) is 0 Å². The molecule has 0 aromatic heterocycles. The number of nitrogens with one attached hydrogen (secondary N) is 1. The Labute approximate surface area is 208 Å². The smallest absolute Gasteiger partial charge is 0.270 e. The van der Waals surface area contributed by atoms with Crippen LogP contribution in [0.15, 0.2) is 71.6 Å². The molecule has 1 aliphatic rings. The fourth-order valence-corrected chi connectivity index (χ4v) is 4.75. The number of thiocarbonyl (C=S) groups is 1. The number of anilines is 2. The number of nitrogens with zero attached hydrogens (tertiary/aromatic N) is 1. The van der Waals surface area contributed by atoms with E-state index in [-0.39, 0.29) is 18.4 Å². The summed E-state index contributed by atoms with van der Waals surface area (Å²) in [7, 11) is 0. The van der Waals surface area contributed by atoms with Crippen LogP contribution in [-0.2, 0) is 9.59 Å². The molecule has 0 bridgehead atoms. The molecule has 0 spiro atoms. The quantitative estimate of drug-likeness (QED) is 0.339. The summed E-state index contributed by atoms with van der Waals surface area (Å²) in [4.78, 5) is 27.3. The molecule has 0 radical (unpaired) electrons. The Morgan fingerprint density at radius 3 is 2.44 bits per heavy atom. The number of benzene rings is 3. The van der Waals surface area contributed by atoms with Gasteiger partial charge < -0.3 is 10.1 Å². The first-order valence-electron chi connectivity index (χ1n) is 10.8. The Morgan fingerprint density at radius 1 is 1.00 bits per heavy atom. The third kappa shape index (κ3) is 5.38. The van der Waals surface area contributed by atoms with Crippen LogP contribution in [0, 0.1) is 20.8 Å². The van der Waals surface area contributed by atoms with Crippen LogP contribution in [0.3, 0.4) is 0 Å². The van der Waals surface area contributed by atoms with Crippen molar-refractivity contribution in [3.05, 3.63) is 93.9 Å². The Hall–Kier alpha value is -3.42. The molecule has 0 unspecified atom stereocenters. The second-order valence-electron chi connectivity index (χ2n) is 8.01. The van der Waals surface area contributed by atoms with E-state index in [1.165, 1.54) is 17.3 Å². The second kappa shape index (κ2) is 10.2. The largest absolute Gasteiger partial charge is 0.484 e. The minimum Gasteiger partial charge on any atom is -0.484 e. The molecule has 1 saturated heterocycles. The monoisotopic (exact) mass is 488 g/mol. The summed E-state index contributed by atoms with van der Waals surface area (Å²) in [6, 6.07) is 20.7. The van der Waals surface area contributed by atoms with E-state index in [1.807, 2.05) is 81.4 Å².